The first kappa shape index (κ1) is 7.16. The van der Waals surface area contributed by atoms with E-state index in [-0.39, 0.29) is 0 Å². The Balaban J connectivity index is 2.35. The Labute approximate surface area is 70.8 Å². The average Bonchev–Trinajstić information content (AvgIpc) is 2.06. The summed E-state index contributed by atoms with van der Waals surface area (Å²) in [6.07, 6.45) is 7.17. The van der Waals surface area contributed by atoms with Crippen molar-refractivity contribution < 1.29 is 1.37 Å². The topological polar surface area (TPSA) is 23.8 Å². The van der Waals surface area contributed by atoms with Crippen molar-refractivity contribution in [2.45, 2.75) is 45.4 Å². The zero-order chi connectivity index (χ0) is 9.03. The van der Waals surface area contributed by atoms with Gasteiger partial charge < -0.3 is 0 Å². The summed E-state index contributed by atoms with van der Waals surface area (Å²) in [6, 6.07) is 2.06. The molecule has 0 aromatic heterocycles. The standard InChI is InChI=1S/C10H17N/c1-9(8-11)7-10-5-3-2-4-6-10/h9-10H,2-7H2,1H3/i9D. The maximum atomic E-state index is 8.69. The lowest BCUT2D eigenvalue weighted by Gasteiger charge is -2.21. The van der Waals surface area contributed by atoms with Crippen molar-refractivity contribution in [3.63, 3.8) is 0 Å². The van der Waals surface area contributed by atoms with Crippen molar-refractivity contribution in [2.75, 3.05) is 0 Å². The van der Waals surface area contributed by atoms with E-state index in [9.17, 15) is 0 Å². The van der Waals surface area contributed by atoms with Crippen LogP contribution in [0.1, 0.15) is 46.8 Å². The molecule has 0 amide bonds. The summed E-state index contributed by atoms with van der Waals surface area (Å²) < 4.78 is 7.65. The highest BCUT2D eigenvalue weighted by molar-refractivity contribution is 4.81. The van der Waals surface area contributed by atoms with Crippen LogP contribution < -0.4 is 0 Å². The van der Waals surface area contributed by atoms with Crippen molar-refractivity contribution in [1.29, 1.82) is 5.26 Å². The smallest absolute Gasteiger partial charge is 0.0652 e. The fourth-order valence-electron chi connectivity index (χ4n) is 1.87. The van der Waals surface area contributed by atoms with E-state index >= 15 is 0 Å². The van der Waals surface area contributed by atoms with Crippen LogP contribution in [0, 0.1) is 23.1 Å². The molecular weight excluding hydrogens is 134 g/mol. The second kappa shape index (κ2) is 4.38. The maximum Gasteiger partial charge on any atom is 0.0652 e. The fourth-order valence-corrected chi connectivity index (χ4v) is 1.87. The molecule has 1 unspecified atom stereocenters. The van der Waals surface area contributed by atoms with Crippen molar-refractivity contribution in [2.24, 2.45) is 11.8 Å². The number of hydrogen-bond acceptors (Lipinski definition) is 1. The van der Waals surface area contributed by atoms with Gasteiger partial charge in [0, 0.05) is 7.26 Å². The SMILES string of the molecule is [2H]C(C)(C#N)CC1CCCCC1. The maximum absolute atomic E-state index is 8.69. The average molecular weight is 152 g/mol. The van der Waals surface area contributed by atoms with Crippen LogP contribution in [0.3, 0.4) is 0 Å². The van der Waals surface area contributed by atoms with Gasteiger partial charge in [-0.3, -0.25) is 0 Å². The molecule has 1 saturated carbocycles. The summed E-state index contributed by atoms with van der Waals surface area (Å²) in [5.74, 6) is -0.206. The van der Waals surface area contributed by atoms with E-state index in [4.69, 9.17) is 6.63 Å². The molecule has 0 aromatic rings. The predicted molar refractivity (Wildman–Crippen MR) is 46.0 cm³/mol. The van der Waals surface area contributed by atoms with Crippen LogP contribution >= 0.6 is 0 Å². The molecule has 1 aliphatic rings. The van der Waals surface area contributed by atoms with Gasteiger partial charge in [-0.05, 0) is 19.3 Å². The van der Waals surface area contributed by atoms with Gasteiger partial charge in [0.1, 0.15) is 0 Å². The predicted octanol–water partition coefficient (Wildman–Crippen LogP) is 3.12. The van der Waals surface area contributed by atoms with Crippen molar-refractivity contribution in [3.05, 3.63) is 0 Å². The third kappa shape index (κ3) is 2.93. The van der Waals surface area contributed by atoms with Crippen molar-refractivity contribution in [1.82, 2.24) is 0 Å². The van der Waals surface area contributed by atoms with Crippen LogP contribution in [-0.2, 0) is 0 Å². The Morgan fingerprint density at radius 1 is 1.55 bits per heavy atom. The van der Waals surface area contributed by atoms with Gasteiger partial charge in [0.2, 0.25) is 0 Å². The van der Waals surface area contributed by atoms with Gasteiger partial charge in [0.15, 0.2) is 0 Å². The van der Waals surface area contributed by atoms with E-state index in [1.807, 2.05) is 0 Å². The van der Waals surface area contributed by atoms with Gasteiger partial charge in [0.05, 0.1) is 6.07 Å². The highest BCUT2D eigenvalue weighted by Crippen LogP contribution is 2.28. The quantitative estimate of drug-likeness (QED) is 0.596. The lowest BCUT2D eigenvalue weighted by molar-refractivity contribution is 0.317. The van der Waals surface area contributed by atoms with E-state index in [0.717, 1.165) is 6.42 Å². The van der Waals surface area contributed by atoms with Gasteiger partial charge in [-0.2, -0.15) is 5.26 Å². The van der Waals surface area contributed by atoms with E-state index in [1.165, 1.54) is 32.1 Å². The second-order valence-electron chi connectivity index (χ2n) is 3.60. The molecule has 0 aromatic carbocycles. The van der Waals surface area contributed by atoms with Gasteiger partial charge in [-0.1, -0.05) is 32.1 Å². The Kier molecular flexibility index (Phi) is 2.85. The third-order valence-electron chi connectivity index (χ3n) is 2.51. The first-order chi connectivity index (χ1) is 5.64. The number of hydrogen-bond donors (Lipinski definition) is 0. The molecule has 1 aliphatic carbocycles. The minimum atomic E-state index is -0.845. The van der Waals surface area contributed by atoms with Crippen LogP contribution in [0.4, 0.5) is 0 Å². The Bertz CT molecular complexity index is 175. The molecule has 11 heavy (non-hydrogen) atoms. The van der Waals surface area contributed by atoms with E-state index < -0.39 is 5.89 Å². The van der Waals surface area contributed by atoms with Crippen LogP contribution in [0.5, 0.6) is 0 Å². The lowest BCUT2D eigenvalue weighted by atomic mass is 9.84. The van der Waals surface area contributed by atoms with E-state index in [1.54, 1.807) is 6.92 Å². The number of nitriles is 1. The van der Waals surface area contributed by atoms with Crippen molar-refractivity contribution in [3.8, 4) is 6.07 Å². The zero-order valence-corrected chi connectivity index (χ0v) is 7.27. The highest BCUT2D eigenvalue weighted by atomic mass is 14.3. The number of nitrogens with zero attached hydrogens (tertiary/aromatic N) is 1. The van der Waals surface area contributed by atoms with Crippen LogP contribution in [0.25, 0.3) is 0 Å². The molecule has 0 saturated heterocycles. The molecule has 0 N–H and O–H groups in total. The molecule has 0 aliphatic heterocycles. The summed E-state index contributed by atoms with van der Waals surface area (Å²) in [5, 5.41) is 8.69. The molecule has 0 heterocycles. The van der Waals surface area contributed by atoms with Crippen LogP contribution in [0.2, 0.25) is 0 Å². The zero-order valence-electron chi connectivity index (χ0n) is 8.27. The molecular formula is C10H17N. The first-order valence-corrected chi connectivity index (χ1v) is 4.55. The molecule has 1 heteroatoms. The summed E-state index contributed by atoms with van der Waals surface area (Å²) in [4.78, 5) is 0. The van der Waals surface area contributed by atoms with Gasteiger partial charge in [-0.15, -0.1) is 0 Å². The molecule has 0 spiro atoms. The first-order valence-electron chi connectivity index (χ1n) is 5.05. The van der Waals surface area contributed by atoms with Gasteiger partial charge in [0.25, 0.3) is 0 Å². The number of rotatable bonds is 2. The molecule has 62 valence electrons. The van der Waals surface area contributed by atoms with Crippen molar-refractivity contribution >= 4 is 0 Å². The van der Waals surface area contributed by atoms with E-state index in [0.29, 0.717) is 5.92 Å². The largest absolute Gasteiger partial charge is 0.198 e. The van der Waals surface area contributed by atoms with Gasteiger partial charge in [-0.25, -0.2) is 0 Å². The molecule has 0 radical (unpaired) electrons. The van der Waals surface area contributed by atoms with Gasteiger partial charge >= 0.3 is 0 Å². The molecule has 1 atom stereocenters. The molecule has 1 nitrogen and oxygen atoms in total. The summed E-state index contributed by atoms with van der Waals surface area (Å²) in [5.41, 5.74) is 0. The fraction of sp³-hybridized carbons (Fsp3) is 0.900. The molecule has 0 bridgehead atoms. The Morgan fingerprint density at radius 3 is 2.73 bits per heavy atom. The summed E-state index contributed by atoms with van der Waals surface area (Å²) in [7, 11) is 0. The monoisotopic (exact) mass is 152 g/mol. The summed E-state index contributed by atoms with van der Waals surface area (Å²) in [6.45, 7) is 1.72. The van der Waals surface area contributed by atoms with Crippen LogP contribution in [0.15, 0.2) is 0 Å². The lowest BCUT2D eigenvalue weighted by Crippen LogP contribution is -2.09. The third-order valence-corrected chi connectivity index (χ3v) is 2.51. The highest BCUT2D eigenvalue weighted by Gasteiger charge is 2.15. The molecule has 1 rings (SSSR count). The van der Waals surface area contributed by atoms with Crippen LogP contribution in [-0.4, -0.2) is 0 Å². The Morgan fingerprint density at radius 2 is 2.18 bits per heavy atom. The Hall–Kier alpha value is -0.510. The second-order valence-corrected chi connectivity index (χ2v) is 3.60. The minimum absolute atomic E-state index is 0.640. The van der Waals surface area contributed by atoms with E-state index in [2.05, 4.69) is 6.07 Å². The normalized spacial score (nSPS) is 26.7. The minimum Gasteiger partial charge on any atom is -0.198 e. The molecule has 1 fully saturated rings. The summed E-state index contributed by atoms with van der Waals surface area (Å²) >= 11 is 0.